The van der Waals surface area contributed by atoms with Gasteiger partial charge in [0, 0.05) is 0 Å². The monoisotopic (exact) mass is 268 g/mol. The molecular weight excluding hydrogens is 232 g/mol. The van der Waals surface area contributed by atoms with Gasteiger partial charge in [-0.1, -0.05) is 39.5 Å². The molecule has 0 aromatic carbocycles. The molecule has 1 fully saturated rings. The molecule has 1 aliphatic rings. The maximum Gasteiger partial charge on any atom is -0.00161 e. The van der Waals surface area contributed by atoms with E-state index in [1.165, 1.54) is 77.4 Å². The number of piperidine rings is 1. The summed E-state index contributed by atoms with van der Waals surface area (Å²) < 4.78 is 0. The predicted octanol–water partition coefficient (Wildman–Crippen LogP) is 4.04. The van der Waals surface area contributed by atoms with Gasteiger partial charge in [0.15, 0.2) is 0 Å². The first kappa shape index (κ1) is 17.0. The molecular formula is C17H36N2. The van der Waals surface area contributed by atoms with E-state index >= 15 is 0 Å². The Morgan fingerprint density at radius 3 is 2.37 bits per heavy atom. The van der Waals surface area contributed by atoms with Crippen molar-refractivity contribution >= 4 is 0 Å². The Morgan fingerprint density at radius 2 is 1.79 bits per heavy atom. The number of nitrogens with two attached hydrogens (primary N) is 1. The summed E-state index contributed by atoms with van der Waals surface area (Å²) in [5.41, 5.74) is 5.71. The highest BCUT2D eigenvalue weighted by molar-refractivity contribution is 4.72. The summed E-state index contributed by atoms with van der Waals surface area (Å²) in [5, 5.41) is 0. The molecule has 0 aromatic rings. The molecule has 2 nitrogen and oxygen atoms in total. The van der Waals surface area contributed by atoms with E-state index in [9.17, 15) is 0 Å². The van der Waals surface area contributed by atoms with Crippen LogP contribution in [-0.2, 0) is 0 Å². The predicted molar refractivity (Wildman–Crippen MR) is 85.4 cm³/mol. The van der Waals surface area contributed by atoms with Crippen molar-refractivity contribution in [2.45, 2.75) is 71.6 Å². The maximum atomic E-state index is 5.71. The zero-order valence-corrected chi connectivity index (χ0v) is 13.4. The quantitative estimate of drug-likeness (QED) is 0.648. The van der Waals surface area contributed by atoms with Crippen LogP contribution < -0.4 is 5.73 Å². The Balaban J connectivity index is 2.09. The summed E-state index contributed by atoms with van der Waals surface area (Å²) in [6.45, 7) is 9.50. The largest absolute Gasteiger partial charge is 0.330 e. The normalized spacial score (nSPS) is 19.7. The number of likely N-dealkylation sites (tertiary alicyclic amines) is 1. The topological polar surface area (TPSA) is 29.3 Å². The number of hydrogen-bond acceptors (Lipinski definition) is 2. The highest BCUT2D eigenvalue weighted by Gasteiger charge is 2.18. The first-order valence-electron chi connectivity index (χ1n) is 8.72. The molecule has 1 aliphatic heterocycles. The van der Waals surface area contributed by atoms with Crippen molar-refractivity contribution in [1.82, 2.24) is 4.90 Å². The minimum Gasteiger partial charge on any atom is -0.330 e. The summed E-state index contributed by atoms with van der Waals surface area (Å²) >= 11 is 0. The lowest BCUT2D eigenvalue weighted by Crippen LogP contribution is -2.34. The van der Waals surface area contributed by atoms with Crippen molar-refractivity contribution in [3.63, 3.8) is 0 Å². The van der Waals surface area contributed by atoms with Crippen LogP contribution in [0.5, 0.6) is 0 Å². The molecule has 19 heavy (non-hydrogen) atoms. The van der Waals surface area contributed by atoms with E-state index in [1.807, 2.05) is 0 Å². The second kappa shape index (κ2) is 10.7. The molecule has 0 saturated carbocycles. The Labute approximate surface area is 121 Å². The van der Waals surface area contributed by atoms with Gasteiger partial charge in [-0.2, -0.15) is 0 Å². The van der Waals surface area contributed by atoms with Gasteiger partial charge < -0.3 is 10.6 Å². The van der Waals surface area contributed by atoms with Crippen LogP contribution in [0.15, 0.2) is 0 Å². The lowest BCUT2D eigenvalue weighted by molar-refractivity contribution is 0.172. The summed E-state index contributed by atoms with van der Waals surface area (Å²) in [6.07, 6.45) is 12.4. The summed E-state index contributed by atoms with van der Waals surface area (Å²) in [7, 11) is 0. The molecule has 1 heterocycles. The van der Waals surface area contributed by atoms with Gasteiger partial charge in [0.1, 0.15) is 0 Å². The molecule has 0 aliphatic carbocycles. The SMILES string of the molecule is CCCC(CCN)CCCN1CCC(CCC)CC1. The first-order valence-corrected chi connectivity index (χ1v) is 8.72. The lowest BCUT2D eigenvalue weighted by atomic mass is 9.91. The fraction of sp³-hybridized carbons (Fsp3) is 1.00. The van der Waals surface area contributed by atoms with Crippen molar-refractivity contribution in [2.75, 3.05) is 26.2 Å². The van der Waals surface area contributed by atoms with Crippen molar-refractivity contribution in [2.24, 2.45) is 17.6 Å². The van der Waals surface area contributed by atoms with Gasteiger partial charge >= 0.3 is 0 Å². The van der Waals surface area contributed by atoms with E-state index in [4.69, 9.17) is 5.73 Å². The van der Waals surface area contributed by atoms with E-state index in [1.54, 1.807) is 0 Å². The molecule has 1 saturated heterocycles. The fourth-order valence-corrected chi connectivity index (χ4v) is 3.59. The van der Waals surface area contributed by atoms with Crippen molar-refractivity contribution in [3.8, 4) is 0 Å². The average Bonchev–Trinajstić information content (AvgIpc) is 2.41. The van der Waals surface area contributed by atoms with Crippen LogP contribution >= 0.6 is 0 Å². The van der Waals surface area contributed by atoms with Gasteiger partial charge in [-0.05, 0) is 70.1 Å². The zero-order valence-electron chi connectivity index (χ0n) is 13.4. The molecule has 0 bridgehead atoms. The number of rotatable bonds is 10. The van der Waals surface area contributed by atoms with Crippen LogP contribution in [0.2, 0.25) is 0 Å². The van der Waals surface area contributed by atoms with Crippen molar-refractivity contribution < 1.29 is 0 Å². The zero-order chi connectivity index (χ0) is 13.9. The Hall–Kier alpha value is -0.0800. The smallest absolute Gasteiger partial charge is 0.00161 e. The van der Waals surface area contributed by atoms with Gasteiger partial charge in [-0.25, -0.2) is 0 Å². The van der Waals surface area contributed by atoms with Crippen LogP contribution in [-0.4, -0.2) is 31.1 Å². The number of hydrogen-bond donors (Lipinski definition) is 1. The Bertz CT molecular complexity index is 191. The van der Waals surface area contributed by atoms with Crippen molar-refractivity contribution in [1.29, 1.82) is 0 Å². The van der Waals surface area contributed by atoms with Crippen LogP contribution in [0.1, 0.15) is 71.6 Å². The Morgan fingerprint density at radius 1 is 1.05 bits per heavy atom. The second-order valence-electron chi connectivity index (χ2n) is 6.45. The average molecular weight is 268 g/mol. The van der Waals surface area contributed by atoms with Crippen LogP contribution in [0, 0.1) is 11.8 Å². The molecule has 0 radical (unpaired) electrons. The van der Waals surface area contributed by atoms with Gasteiger partial charge in [-0.3, -0.25) is 0 Å². The third kappa shape index (κ3) is 7.31. The summed E-state index contributed by atoms with van der Waals surface area (Å²) in [5.74, 6) is 1.90. The van der Waals surface area contributed by atoms with Gasteiger partial charge in [0.2, 0.25) is 0 Å². The summed E-state index contributed by atoms with van der Waals surface area (Å²) in [4.78, 5) is 2.69. The lowest BCUT2D eigenvalue weighted by Gasteiger charge is -2.32. The van der Waals surface area contributed by atoms with Crippen LogP contribution in [0.25, 0.3) is 0 Å². The van der Waals surface area contributed by atoms with E-state index < -0.39 is 0 Å². The molecule has 1 atom stereocenters. The molecule has 0 spiro atoms. The van der Waals surface area contributed by atoms with E-state index in [0.717, 1.165) is 18.4 Å². The standard InChI is InChI=1S/C17H36N2/c1-3-6-16(9-12-18)8-5-13-19-14-10-17(7-4-2)11-15-19/h16-17H,3-15,18H2,1-2H3. The first-order chi connectivity index (χ1) is 9.30. The van der Waals surface area contributed by atoms with Crippen LogP contribution in [0.3, 0.4) is 0 Å². The van der Waals surface area contributed by atoms with Gasteiger partial charge in [0.05, 0.1) is 0 Å². The molecule has 0 amide bonds. The van der Waals surface area contributed by atoms with E-state index in [-0.39, 0.29) is 0 Å². The second-order valence-corrected chi connectivity index (χ2v) is 6.45. The minimum atomic E-state index is 0.868. The van der Waals surface area contributed by atoms with Gasteiger partial charge in [-0.15, -0.1) is 0 Å². The summed E-state index contributed by atoms with van der Waals surface area (Å²) in [6, 6.07) is 0. The molecule has 2 heteroatoms. The fourth-order valence-electron chi connectivity index (χ4n) is 3.59. The molecule has 114 valence electrons. The third-order valence-corrected chi connectivity index (χ3v) is 4.76. The Kier molecular flexibility index (Phi) is 9.54. The highest BCUT2D eigenvalue weighted by atomic mass is 15.1. The molecule has 2 N–H and O–H groups in total. The molecule has 0 aromatic heterocycles. The van der Waals surface area contributed by atoms with E-state index in [0.29, 0.717) is 0 Å². The minimum absolute atomic E-state index is 0.868. The molecule has 1 unspecified atom stereocenters. The highest BCUT2D eigenvalue weighted by Crippen LogP contribution is 2.23. The third-order valence-electron chi connectivity index (χ3n) is 4.76. The number of nitrogens with zero attached hydrogens (tertiary/aromatic N) is 1. The van der Waals surface area contributed by atoms with Gasteiger partial charge in [0.25, 0.3) is 0 Å². The van der Waals surface area contributed by atoms with E-state index in [2.05, 4.69) is 18.7 Å². The van der Waals surface area contributed by atoms with Crippen molar-refractivity contribution in [3.05, 3.63) is 0 Å². The maximum absolute atomic E-state index is 5.71. The molecule has 1 rings (SSSR count). The van der Waals surface area contributed by atoms with Crippen LogP contribution in [0.4, 0.5) is 0 Å².